The van der Waals surface area contributed by atoms with Crippen molar-refractivity contribution in [1.82, 2.24) is 14.7 Å². The smallest absolute Gasteiger partial charge is 0.238 e. The van der Waals surface area contributed by atoms with Crippen LogP contribution in [0.5, 0.6) is 0 Å². The van der Waals surface area contributed by atoms with Gasteiger partial charge in [0, 0.05) is 37.4 Å². The van der Waals surface area contributed by atoms with Gasteiger partial charge in [-0.1, -0.05) is 18.2 Å². The van der Waals surface area contributed by atoms with E-state index in [1.54, 1.807) is 0 Å². The van der Waals surface area contributed by atoms with E-state index in [1.165, 1.54) is 0 Å². The lowest BCUT2D eigenvalue weighted by Crippen LogP contribution is -2.36. The highest BCUT2D eigenvalue weighted by molar-refractivity contribution is 5.93. The number of anilines is 3. The Kier molecular flexibility index (Phi) is 8.35. The third-order valence-electron chi connectivity index (χ3n) is 6.22. The molecular weight excluding hydrogens is 456 g/mol. The number of ether oxygens (including phenoxy) is 1. The number of aromatic nitrogens is 2. The molecule has 1 aliphatic heterocycles. The molecule has 0 atom stereocenters. The van der Waals surface area contributed by atoms with E-state index >= 15 is 0 Å². The molecule has 9 nitrogen and oxygen atoms in total. The van der Waals surface area contributed by atoms with Gasteiger partial charge < -0.3 is 20.3 Å². The van der Waals surface area contributed by atoms with Crippen molar-refractivity contribution in [1.29, 1.82) is 0 Å². The molecule has 2 N–H and O–H groups in total. The number of hydrogen-bond acceptors (Lipinski definition) is 6. The lowest BCUT2D eigenvalue weighted by molar-refractivity contribution is -0.119. The van der Waals surface area contributed by atoms with Gasteiger partial charge in [-0.05, 0) is 57.3 Å². The molecule has 1 aliphatic rings. The lowest BCUT2D eigenvalue weighted by Gasteiger charge is -2.28. The van der Waals surface area contributed by atoms with E-state index in [0.717, 1.165) is 60.4 Å². The van der Waals surface area contributed by atoms with Crippen LogP contribution in [-0.4, -0.2) is 72.9 Å². The van der Waals surface area contributed by atoms with E-state index in [-0.39, 0.29) is 24.8 Å². The number of amides is 2. The van der Waals surface area contributed by atoms with Gasteiger partial charge in [0.2, 0.25) is 11.8 Å². The summed E-state index contributed by atoms with van der Waals surface area (Å²) in [7, 11) is 1.83. The van der Waals surface area contributed by atoms with Crippen molar-refractivity contribution < 1.29 is 14.3 Å². The highest BCUT2D eigenvalue weighted by atomic mass is 16.5. The molecule has 0 unspecified atom stereocenters. The zero-order valence-electron chi connectivity index (χ0n) is 21.2. The second-order valence-corrected chi connectivity index (χ2v) is 9.02. The molecule has 0 bridgehead atoms. The zero-order valence-corrected chi connectivity index (χ0v) is 21.2. The fraction of sp³-hybridized carbons (Fsp3) is 0.370. The number of likely N-dealkylation sites (N-methyl/N-ethyl adjacent to an activating group) is 1. The first kappa shape index (κ1) is 25.4. The normalized spacial score (nSPS) is 13.6. The summed E-state index contributed by atoms with van der Waals surface area (Å²) in [5, 5.41) is 10.5. The van der Waals surface area contributed by atoms with E-state index in [2.05, 4.69) is 20.6 Å². The van der Waals surface area contributed by atoms with Crippen LogP contribution in [0.1, 0.15) is 17.8 Å². The zero-order chi connectivity index (χ0) is 25.5. The Morgan fingerprint density at radius 3 is 2.33 bits per heavy atom. The van der Waals surface area contributed by atoms with Crippen LogP contribution in [0.25, 0.3) is 5.69 Å². The van der Waals surface area contributed by atoms with Crippen molar-refractivity contribution >= 4 is 28.9 Å². The van der Waals surface area contributed by atoms with Crippen molar-refractivity contribution in [3.05, 3.63) is 66.0 Å². The molecule has 2 heterocycles. The Bertz CT molecular complexity index is 1170. The average molecular weight is 491 g/mol. The van der Waals surface area contributed by atoms with Crippen LogP contribution >= 0.6 is 0 Å². The van der Waals surface area contributed by atoms with Crippen LogP contribution in [0.2, 0.25) is 0 Å². The summed E-state index contributed by atoms with van der Waals surface area (Å²) in [6.45, 7) is 7.69. The van der Waals surface area contributed by atoms with Crippen molar-refractivity contribution in [2.24, 2.45) is 0 Å². The summed E-state index contributed by atoms with van der Waals surface area (Å²) in [5.74, 6) is -0.229. The number of benzene rings is 2. The largest absolute Gasteiger partial charge is 0.378 e. The van der Waals surface area contributed by atoms with Crippen LogP contribution < -0.4 is 15.5 Å². The number of nitrogens with one attached hydrogen (secondary N) is 2. The van der Waals surface area contributed by atoms with Crippen LogP contribution in [0.3, 0.4) is 0 Å². The number of nitrogens with zero attached hydrogens (tertiary/aromatic N) is 4. The van der Waals surface area contributed by atoms with Gasteiger partial charge in [0.1, 0.15) is 0 Å². The summed E-state index contributed by atoms with van der Waals surface area (Å²) < 4.78 is 7.22. The summed E-state index contributed by atoms with van der Waals surface area (Å²) in [6.07, 6.45) is 0.271. The van der Waals surface area contributed by atoms with Gasteiger partial charge in [-0.25, -0.2) is 4.68 Å². The minimum absolute atomic E-state index is 0.111. The van der Waals surface area contributed by atoms with Gasteiger partial charge in [-0.3, -0.25) is 14.5 Å². The first-order valence-electron chi connectivity index (χ1n) is 12.2. The van der Waals surface area contributed by atoms with Crippen LogP contribution in [0.15, 0.2) is 54.6 Å². The van der Waals surface area contributed by atoms with Crippen molar-refractivity contribution in [2.45, 2.75) is 20.3 Å². The maximum atomic E-state index is 12.6. The molecule has 0 radical (unpaired) electrons. The van der Waals surface area contributed by atoms with Crippen LogP contribution in [0, 0.1) is 13.8 Å². The van der Waals surface area contributed by atoms with Crippen LogP contribution in [0.4, 0.5) is 17.1 Å². The van der Waals surface area contributed by atoms with Crippen molar-refractivity contribution in [3.63, 3.8) is 0 Å². The van der Waals surface area contributed by atoms with E-state index in [4.69, 9.17) is 4.74 Å². The average Bonchev–Trinajstić information content (AvgIpc) is 3.17. The molecule has 0 spiro atoms. The van der Waals surface area contributed by atoms with Crippen molar-refractivity contribution in [3.8, 4) is 5.69 Å². The van der Waals surface area contributed by atoms with E-state index < -0.39 is 0 Å². The van der Waals surface area contributed by atoms with E-state index in [0.29, 0.717) is 6.54 Å². The highest BCUT2D eigenvalue weighted by Crippen LogP contribution is 2.23. The van der Waals surface area contributed by atoms with Gasteiger partial charge in [-0.15, -0.1) is 0 Å². The van der Waals surface area contributed by atoms with Gasteiger partial charge in [0.15, 0.2) is 0 Å². The van der Waals surface area contributed by atoms with Crippen LogP contribution in [-0.2, 0) is 14.3 Å². The van der Waals surface area contributed by atoms with Gasteiger partial charge in [-0.2, -0.15) is 5.10 Å². The first-order valence-corrected chi connectivity index (χ1v) is 12.2. The summed E-state index contributed by atoms with van der Waals surface area (Å²) in [6, 6.07) is 17.7. The number of carbonyl (C=O) groups excluding carboxylic acids is 2. The first-order chi connectivity index (χ1) is 17.4. The number of carbonyl (C=O) groups is 2. The predicted molar refractivity (Wildman–Crippen MR) is 142 cm³/mol. The molecule has 36 heavy (non-hydrogen) atoms. The fourth-order valence-corrected chi connectivity index (χ4v) is 4.24. The topological polar surface area (TPSA) is 91.7 Å². The Labute approximate surface area is 212 Å². The maximum absolute atomic E-state index is 12.6. The molecule has 0 aliphatic carbocycles. The summed E-state index contributed by atoms with van der Waals surface area (Å²) in [5.41, 5.74) is 5.19. The number of aryl methyl sites for hydroxylation is 1. The van der Waals surface area contributed by atoms with Gasteiger partial charge in [0.05, 0.1) is 42.5 Å². The Balaban J connectivity index is 1.23. The molecule has 2 aromatic carbocycles. The van der Waals surface area contributed by atoms with Gasteiger partial charge >= 0.3 is 0 Å². The second-order valence-electron chi connectivity index (χ2n) is 9.02. The molecule has 9 heteroatoms. The molecule has 4 rings (SSSR count). The number of para-hydroxylation sites is 1. The molecule has 190 valence electrons. The predicted octanol–water partition coefficient (Wildman–Crippen LogP) is 3.22. The number of rotatable bonds is 9. The maximum Gasteiger partial charge on any atom is 0.238 e. The lowest BCUT2D eigenvalue weighted by atomic mass is 10.2. The molecule has 1 fully saturated rings. The van der Waals surface area contributed by atoms with Gasteiger partial charge in [0.25, 0.3) is 0 Å². The minimum Gasteiger partial charge on any atom is -0.378 e. The quantitative estimate of drug-likeness (QED) is 0.479. The highest BCUT2D eigenvalue weighted by Gasteiger charge is 2.16. The number of hydrogen-bond donors (Lipinski definition) is 2. The van der Waals surface area contributed by atoms with Crippen molar-refractivity contribution in [2.75, 3.05) is 62.0 Å². The second kappa shape index (κ2) is 11.8. The van der Waals surface area contributed by atoms with E-state index in [9.17, 15) is 9.59 Å². The summed E-state index contributed by atoms with van der Waals surface area (Å²) in [4.78, 5) is 29.2. The monoisotopic (exact) mass is 490 g/mol. The minimum atomic E-state index is -0.118. The third-order valence-corrected chi connectivity index (χ3v) is 6.22. The molecule has 0 saturated carbocycles. The Morgan fingerprint density at radius 1 is 0.944 bits per heavy atom. The summed E-state index contributed by atoms with van der Waals surface area (Å²) >= 11 is 0. The fourth-order valence-electron chi connectivity index (χ4n) is 4.24. The van der Waals surface area contributed by atoms with E-state index in [1.807, 2.05) is 85.1 Å². The number of morpholine rings is 1. The molecular formula is C27H34N6O3. The Morgan fingerprint density at radius 2 is 1.64 bits per heavy atom. The third kappa shape index (κ3) is 6.50. The molecule has 2 amide bonds. The standard InChI is InChI=1S/C27H34N6O3/c1-20-27(21(2)33(30-20)24-7-5-4-6-8-24)29-25(34)13-14-31(3)19-26(35)28-22-9-11-23(12-10-22)32-15-17-36-18-16-32/h4-12H,13-19H2,1-3H3,(H,28,35)(H,29,34). The Hall–Kier alpha value is -3.69. The molecule has 3 aromatic rings. The molecule has 1 aromatic heterocycles. The molecule has 1 saturated heterocycles. The SMILES string of the molecule is Cc1nn(-c2ccccc2)c(C)c1NC(=O)CCN(C)CC(=O)Nc1ccc(N2CCOCC2)cc1.